The molecule has 1 saturated heterocycles. The van der Waals surface area contributed by atoms with Crippen LogP contribution in [0.4, 0.5) is 13.2 Å². The van der Waals surface area contributed by atoms with Crippen molar-refractivity contribution >= 4 is 21.5 Å². The number of nitrogens with zero attached hydrogens (tertiary/aromatic N) is 1. The molecular weight excluding hydrogens is 459 g/mol. The van der Waals surface area contributed by atoms with Gasteiger partial charge in [0.15, 0.2) is 5.78 Å². The van der Waals surface area contributed by atoms with Gasteiger partial charge in [0.1, 0.15) is 5.75 Å². The minimum absolute atomic E-state index is 0.286. The van der Waals surface area contributed by atoms with Crippen molar-refractivity contribution in [1.29, 1.82) is 5.26 Å². The first-order valence-corrected chi connectivity index (χ1v) is 11.5. The molecule has 0 atom stereocenters. The minimum Gasteiger partial charge on any atom is -0.381 e. The largest absolute Gasteiger partial charge is 0.534 e. The smallest absolute Gasteiger partial charge is 0.381 e. The fraction of sp³-hybridized carbons (Fsp3) is 0.304. The van der Waals surface area contributed by atoms with Gasteiger partial charge in [-0.15, -0.1) is 0 Å². The van der Waals surface area contributed by atoms with Crippen LogP contribution in [0.25, 0.3) is 5.57 Å². The van der Waals surface area contributed by atoms with Crippen molar-refractivity contribution in [2.45, 2.75) is 30.2 Å². The van der Waals surface area contributed by atoms with Gasteiger partial charge in [0.2, 0.25) is 0 Å². The molecule has 5 rings (SSSR count). The van der Waals surface area contributed by atoms with Crippen LogP contribution in [-0.4, -0.2) is 32.9 Å². The highest BCUT2D eigenvalue weighted by Gasteiger charge is 2.51. The van der Waals surface area contributed by atoms with Gasteiger partial charge in [-0.05, 0) is 71.9 Å². The summed E-state index contributed by atoms with van der Waals surface area (Å²) in [4.78, 5) is 13.5. The molecule has 6 nitrogen and oxygen atoms in total. The number of halogens is 3. The maximum atomic E-state index is 13.5. The third kappa shape index (κ3) is 3.18. The van der Waals surface area contributed by atoms with Crippen LogP contribution in [-0.2, 0) is 26.7 Å². The summed E-state index contributed by atoms with van der Waals surface area (Å²) in [5, 5.41) is 9.25. The highest BCUT2D eigenvalue weighted by Crippen LogP contribution is 2.54. The van der Waals surface area contributed by atoms with Crippen molar-refractivity contribution in [3.8, 4) is 11.8 Å². The number of rotatable bonds is 2. The van der Waals surface area contributed by atoms with Crippen LogP contribution < -0.4 is 4.18 Å². The van der Waals surface area contributed by atoms with Gasteiger partial charge in [-0.3, -0.25) is 4.79 Å². The van der Waals surface area contributed by atoms with E-state index in [1.165, 1.54) is 12.1 Å². The first kappa shape index (κ1) is 21.7. The highest BCUT2D eigenvalue weighted by molar-refractivity contribution is 7.88. The van der Waals surface area contributed by atoms with E-state index in [4.69, 9.17) is 4.74 Å². The lowest BCUT2D eigenvalue weighted by molar-refractivity contribution is -0.0500. The van der Waals surface area contributed by atoms with E-state index >= 15 is 0 Å². The monoisotopic (exact) mass is 475 g/mol. The van der Waals surface area contributed by atoms with Crippen LogP contribution in [0.1, 0.15) is 45.5 Å². The van der Waals surface area contributed by atoms with Gasteiger partial charge in [0, 0.05) is 29.8 Å². The average molecular weight is 475 g/mol. The van der Waals surface area contributed by atoms with Gasteiger partial charge < -0.3 is 8.92 Å². The van der Waals surface area contributed by atoms with Crippen LogP contribution in [0.15, 0.2) is 42.0 Å². The topological polar surface area (TPSA) is 93.5 Å². The van der Waals surface area contributed by atoms with E-state index in [9.17, 15) is 31.6 Å². The summed E-state index contributed by atoms with van der Waals surface area (Å²) in [6.07, 6.45) is 1.36. The highest BCUT2D eigenvalue weighted by atomic mass is 32.2. The molecule has 0 aromatic heterocycles. The molecule has 1 aliphatic heterocycles. The van der Waals surface area contributed by atoms with E-state index in [2.05, 4.69) is 10.3 Å². The van der Waals surface area contributed by atoms with E-state index < -0.39 is 26.8 Å². The Balaban J connectivity index is 1.67. The lowest BCUT2D eigenvalue weighted by atomic mass is 9.62. The zero-order valence-corrected chi connectivity index (χ0v) is 17.8. The van der Waals surface area contributed by atoms with Gasteiger partial charge in [0.05, 0.1) is 11.6 Å². The van der Waals surface area contributed by atoms with E-state index in [-0.39, 0.29) is 5.78 Å². The predicted octanol–water partition coefficient (Wildman–Crippen LogP) is 4.04. The number of benzene rings is 2. The molecule has 0 unspecified atom stereocenters. The van der Waals surface area contributed by atoms with Gasteiger partial charge in [-0.2, -0.15) is 26.9 Å². The number of hydrogen-bond donors (Lipinski definition) is 0. The fourth-order valence-corrected chi connectivity index (χ4v) is 5.55. The van der Waals surface area contributed by atoms with E-state index in [0.29, 0.717) is 54.7 Å². The predicted molar refractivity (Wildman–Crippen MR) is 110 cm³/mol. The molecule has 0 radical (unpaired) electrons. The Morgan fingerprint density at radius 3 is 2.42 bits per heavy atom. The van der Waals surface area contributed by atoms with Crippen molar-refractivity contribution in [2.24, 2.45) is 0 Å². The number of carbonyl (C=O) groups is 1. The molecule has 0 N–H and O–H groups in total. The summed E-state index contributed by atoms with van der Waals surface area (Å²) in [6, 6.07) is 10.8. The Hall–Kier alpha value is -3.16. The fourth-order valence-electron chi connectivity index (χ4n) is 5.09. The molecule has 3 aliphatic rings. The maximum Gasteiger partial charge on any atom is 0.534 e. The SMILES string of the molecule is N#Cc1ccc2c(c1)CC1=C2C(=O)c2ccc(OS(=O)(=O)C(F)(F)F)cc2C12CCOCC2. The van der Waals surface area contributed by atoms with Crippen LogP contribution in [0, 0.1) is 11.3 Å². The summed E-state index contributed by atoms with van der Waals surface area (Å²) in [5.41, 5.74) is -2.15. The summed E-state index contributed by atoms with van der Waals surface area (Å²) in [5.74, 6) is -0.790. The van der Waals surface area contributed by atoms with Crippen LogP contribution in [0.3, 0.4) is 0 Å². The zero-order chi connectivity index (χ0) is 23.6. The lowest BCUT2D eigenvalue weighted by Crippen LogP contribution is -2.40. The van der Waals surface area contributed by atoms with E-state index in [1.807, 2.05) is 0 Å². The van der Waals surface area contributed by atoms with Gasteiger partial charge in [-0.1, -0.05) is 6.07 Å². The molecule has 2 aliphatic carbocycles. The standard InChI is InChI=1S/C23H16F3NO5S/c24-23(25,26)33(29,30)32-15-2-4-17-18(11-15)22(5-7-31-8-6-22)19-10-14-9-13(12-27)1-3-16(14)20(19)21(17)28/h1-4,9,11H,5-8,10H2. The van der Waals surface area contributed by atoms with Crippen LogP contribution >= 0.6 is 0 Å². The molecule has 0 saturated carbocycles. The summed E-state index contributed by atoms with van der Waals surface area (Å²) >= 11 is 0. The summed E-state index contributed by atoms with van der Waals surface area (Å²) in [6.45, 7) is 0.742. The van der Waals surface area contributed by atoms with Crippen molar-refractivity contribution in [2.75, 3.05) is 13.2 Å². The van der Waals surface area contributed by atoms with Gasteiger partial charge in [0.25, 0.3) is 0 Å². The van der Waals surface area contributed by atoms with Crippen LogP contribution in [0.5, 0.6) is 5.75 Å². The van der Waals surface area contributed by atoms with Crippen molar-refractivity contribution < 1.29 is 35.3 Å². The number of hydrogen-bond acceptors (Lipinski definition) is 6. The number of ketones is 1. The van der Waals surface area contributed by atoms with E-state index in [1.54, 1.807) is 18.2 Å². The zero-order valence-electron chi connectivity index (χ0n) is 17.0. The Bertz CT molecular complexity index is 1380. The Morgan fingerprint density at radius 2 is 1.76 bits per heavy atom. The number of carbonyl (C=O) groups excluding carboxylic acids is 1. The Kier molecular flexibility index (Phi) is 4.71. The number of nitriles is 1. The molecule has 2 aromatic carbocycles. The third-order valence-electron chi connectivity index (χ3n) is 6.56. The van der Waals surface area contributed by atoms with E-state index in [0.717, 1.165) is 22.8 Å². The number of allylic oxidation sites excluding steroid dienone is 2. The minimum atomic E-state index is -5.85. The molecule has 2 aromatic rings. The number of alkyl halides is 3. The summed E-state index contributed by atoms with van der Waals surface area (Å²) in [7, 11) is -5.85. The lowest BCUT2D eigenvalue weighted by Gasteiger charge is -2.43. The second kappa shape index (κ2) is 7.17. The molecule has 1 fully saturated rings. The average Bonchev–Trinajstić information content (AvgIpc) is 3.17. The number of Topliss-reactive ketones (excluding diaryl/α,β-unsaturated/α-hetero) is 1. The molecule has 1 spiro atoms. The number of fused-ring (bicyclic) bond motifs is 5. The first-order chi connectivity index (χ1) is 15.6. The Morgan fingerprint density at radius 1 is 1.06 bits per heavy atom. The number of ether oxygens (including phenoxy) is 1. The third-order valence-corrected chi connectivity index (χ3v) is 7.54. The second-order valence-electron chi connectivity index (χ2n) is 8.23. The summed E-state index contributed by atoms with van der Waals surface area (Å²) < 4.78 is 71.5. The molecule has 0 amide bonds. The van der Waals surface area contributed by atoms with Gasteiger partial charge in [-0.25, -0.2) is 0 Å². The molecule has 33 heavy (non-hydrogen) atoms. The quantitative estimate of drug-likeness (QED) is 0.481. The first-order valence-electron chi connectivity index (χ1n) is 10.1. The molecule has 1 heterocycles. The molecular formula is C23H16F3NO5S. The molecule has 10 heteroatoms. The normalized spacial score (nSPS) is 19.0. The van der Waals surface area contributed by atoms with Crippen molar-refractivity contribution in [3.05, 3.63) is 69.8 Å². The van der Waals surface area contributed by atoms with Crippen LogP contribution in [0.2, 0.25) is 0 Å². The van der Waals surface area contributed by atoms with Gasteiger partial charge >= 0.3 is 15.6 Å². The Labute approximate surface area is 187 Å². The molecule has 170 valence electrons. The maximum absolute atomic E-state index is 13.5. The van der Waals surface area contributed by atoms with Crippen molar-refractivity contribution in [3.63, 3.8) is 0 Å². The molecule has 0 bridgehead atoms. The van der Waals surface area contributed by atoms with Crippen molar-refractivity contribution in [1.82, 2.24) is 0 Å². The second-order valence-corrected chi connectivity index (χ2v) is 9.77.